The predicted octanol–water partition coefficient (Wildman–Crippen LogP) is 2.63. The Morgan fingerprint density at radius 1 is 1.65 bits per heavy atom. The van der Waals surface area contributed by atoms with Gasteiger partial charge in [0.1, 0.15) is 12.1 Å². The molecule has 3 heteroatoms. The highest BCUT2D eigenvalue weighted by molar-refractivity contribution is 5.71. The number of anilines is 1. The normalized spacial score (nSPS) is 12.4. The van der Waals surface area contributed by atoms with Crippen molar-refractivity contribution < 1.29 is 4.79 Å². The maximum Gasteiger partial charge on any atom is 0.130 e. The minimum absolute atomic E-state index is 0.438. The van der Waals surface area contributed by atoms with Gasteiger partial charge in [0.15, 0.2) is 0 Å². The fraction of sp³-hybridized carbons (Fsp3) is 0.429. The van der Waals surface area contributed by atoms with Crippen molar-refractivity contribution in [2.45, 2.75) is 32.6 Å². The molecule has 0 spiro atoms. The lowest BCUT2D eigenvalue weighted by Gasteiger charge is -2.23. The number of pyridine rings is 1. The van der Waals surface area contributed by atoms with E-state index >= 15 is 0 Å². The van der Waals surface area contributed by atoms with Gasteiger partial charge in [-0.2, -0.15) is 0 Å². The van der Waals surface area contributed by atoms with Crippen molar-refractivity contribution in [3.63, 3.8) is 0 Å². The highest BCUT2D eigenvalue weighted by Gasteiger charge is 2.26. The molecule has 0 radical (unpaired) electrons. The summed E-state index contributed by atoms with van der Waals surface area (Å²) >= 11 is 0. The summed E-state index contributed by atoms with van der Waals surface area (Å²) in [7, 11) is 1.81. The van der Waals surface area contributed by atoms with Gasteiger partial charge in [-0.05, 0) is 26.3 Å². The van der Waals surface area contributed by atoms with Gasteiger partial charge in [0.2, 0.25) is 0 Å². The molecule has 0 aliphatic rings. The van der Waals surface area contributed by atoms with E-state index < -0.39 is 5.41 Å². The zero-order chi connectivity index (χ0) is 13.3. The molecule has 0 amide bonds. The van der Waals surface area contributed by atoms with Gasteiger partial charge in [-0.3, -0.25) is 0 Å². The smallest absolute Gasteiger partial charge is 0.130 e. The van der Waals surface area contributed by atoms with E-state index in [1.54, 1.807) is 13.1 Å². The van der Waals surface area contributed by atoms with Crippen LogP contribution in [0, 0.1) is 12.3 Å². The van der Waals surface area contributed by atoms with Gasteiger partial charge in [0.25, 0.3) is 0 Å². The molecule has 3 nitrogen and oxygen atoms in total. The van der Waals surface area contributed by atoms with Gasteiger partial charge < -0.3 is 10.1 Å². The van der Waals surface area contributed by atoms with E-state index in [1.165, 1.54) is 0 Å². The molecule has 0 bridgehead atoms. The second-order valence-corrected chi connectivity index (χ2v) is 3.83. The minimum atomic E-state index is -0.438. The zero-order valence-corrected chi connectivity index (χ0v) is 10.9. The highest BCUT2D eigenvalue weighted by atomic mass is 16.1. The molecule has 0 saturated carbocycles. The van der Waals surface area contributed by atoms with Crippen molar-refractivity contribution in [2.75, 3.05) is 12.4 Å². The quantitative estimate of drug-likeness (QED) is 0.641. The van der Waals surface area contributed by atoms with Gasteiger partial charge in [-0.15, -0.1) is 12.3 Å². The van der Waals surface area contributed by atoms with Crippen LogP contribution < -0.4 is 5.32 Å². The van der Waals surface area contributed by atoms with Crippen molar-refractivity contribution in [1.29, 1.82) is 0 Å². The number of nitrogens with one attached hydrogen (secondary N) is 1. The number of aldehydes is 1. The van der Waals surface area contributed by atoms with E-state index in [0.29, 0.717) is 0 Å². The molecule has 1 N–H and O–H groups in total. The van der Waals surface area contributed by atoms with Crippen molar-refractivity contribution >= 4 is 12.1 Å². The van der Waals surface area contributed by atoms with Crippen LogP contribution in [0.5, 0.6) is 0 Å². The Hall–Kier alpha value is -1.82. The Labute approximate surface area is 104 Å². The standard InChI is InChI=1S/C11H16N2O.C3H4/c1-4-11(2,8-14)9-6-5-7-13-10(9)12-3;1-3-2/h5-8H,4H2,1-3H3,(H,12,13);1H,2H3. The lowest BCUT2D eigenvalue weighted by Crippen LogP contribution is -2.24. The zero-order valence-electron chi connectivity index (χ0n) is 10.9. The number of terminal acetylenes is 1. The van der Waals surface area contributed by atoms with E-state index in [9.17, 15) is 4.79 Å². The summed E-state index contributed by atoms with van der Waals surface area (Å²) in [6, 6.07) is 3.80. The van der Waals surface area contributed by atoms with E-state index in [-0.39, 0.29) is 0 Å². The largest absolute Gasteiger partial charge is 0.373 e. The molecule has 1 rings (SSSR count). The van der Waals surface area contributed by atoms with Crippen LogP contribution in [0.2, 0.25) is 0 Å². The van der Waals surface area contributed by atoms with Gasteiger partial charge in [0, 0.05) is 18.8 Å². The van der Waals surface area contributed by atoms with Crippen LogP contribution >= 0.6 is 0 Å². The van der Waals surface area contributed by atoms with Crippen LogP contribution in [0.1, 0.15) is 32.8 Å². The SMILES string of the molecule is C#CC.CCC(C)(C=O)c1cccnc1NC. The Bertz CT molecular complexity index is 395. The van der Waals surface area contributed by atoms with E-state index in [1.807, 2.05) is 33.0 Å². The van der Waals surface area contributed by atoms with Crippen molar-refractivity contribution in [3.8, 4) is 12.3 Å². The van der Waals surface area contributed by atoms with Crippen molar-refractivity contribution in [1.82, 2.24) is 4.98 Å². The molecule has 17 heavy (non-hydrogen) atoms. The first kappa shape index (κ1) is 15.2. The molecule has 1 unspecified atom stereocenters. The average molecular weight is 232 g/mol. The first-order chi connectivity index (χ1) is 8.09. The summed E-state index contributed by atoms with van der Waals surface area (Å²) in [5.41, 5.74) is 0.520. The van der Waals surface area contributed by atoms with Gasteiger partial charge >= 0.3 is 0 Å². The predicted molar refractivity (Wildman–Crippen MR) is 72.0 cm³/mol. The number of hydrogen-bond acceptors (Lipinski definition) is 3. The third-order valence-electron chi connectivity index (χ3n) is 2.65. The van der Waals surface area contributed by atoms with Gasteiger partial charge in [-0.25, -0.2) is 4.98 Å². The second-order valence-electron chi connectivity index (χ2n) is 3.83. The Kier molecular flexibility index (Phi) is 6.65. The molecule has 0 fully saturated rings. The Morgan fingerprint density at radius 2 is 2.24 bits per heavy atom. The summed E-state index contributed by atoms with van der Waals surface area (Å²) in [6.45, 7) is 5.58. The molecule has 0 aliphatic carbocycles. The fourth-order valence-corrected chi connectivity index (χ4v) is 1.40. The molecular formula is C14H20N2O. The van der Waals surface area contributed by atoms with Gasteiger partial charge in [0.05, 0.1) is 5.41 Å². The van der Waals surface area contributed by atoms with Crippen LogP contribution in [0.4, 0.5) is 5.82 Å². The average Bonchev–Trinajstić information content (AvgIpc) is 2.38. The molecule has 1 aromatic rings. The molecule has 0 saturated heterocycles. The van der Waals surface area contributed by atoms with Crippen LogP contribution in [0.25, 0.3) is 0 Å². The maximum atomic E-state index is 11.1. The van der Waals surface area contributed by atoms with E-state index in [4.69, 9.17) is 0 Å². The summed E-state index contributed by atoms with van der Waals surface area (Å²) in [5.74, 6) is 3.03. The maximum absolute atomic E-state index is 11.1. The number of carbonyl (C=O) groups is 1. The number of hydrogen-bond donors (Lipinski definition) is 1. The van der Waals surface area contributed by atoms with Crippen molar-refractivity contribution in [2.24, 2.45) is 0 Å². The van der Waals surface area contributed by atoms with Crippen LogP contribution in [-0.2, 0) is 10.2 Å². The number of rotatable bonds is 4. The number of nitrogens with zero attached hydrogens (tertiary/aromatic N) is 1. The Balaban J connectivity index is 0.000000770. The monoisotopic (exact) mass is 232 g/mol. The number of aromatic nitrogens is 1. The summed E-state index contributed by atoms with van der Waals surface area (Å²) in [4.78, 5) is 15.3. The highest BCUT2D eigenvalue weighted by Crippen LogP contribution is 2.29. The topological polar surface area (TPSA) is 42.0 Å². The molecule has 0 aromatic carbocycles. The lowest BCUT2D eigenvalue weighted by molar-refractivity contribution is -0.112. The summed E-state index contributed by atoms with van der Waals surface area (Å²) < 4.78 is 0. The second kappa shape index (κ2) is 7.45. The number of carbonyl (C=O) groups excluding carboxylic acids is 1. The van der Waals surface area contributed by atoms with Crippen LogP contribution in [0.15, 0.2) is 18.3 Å². The van der Waals surface area contributed by atoms with Crippen LogP contribution in [-0.4, -0.2) is 18.3 Å². The van der Waals surface area contributed by atoms with E-state index in [0.717, 1.165) is 24.1 Å². The Morgan fingerprint density at radius 3 is 2.65 bits per heavy atom. The third kappa shape index (κ3) is 3.92. The van der Waals surface area contributed by atoms with Gasteiger partial charge in [-0.1, -0.05) is 13.0 Å². The first-order valence-electron chi connectivity index (χ1n) is 5.56. The van der Waals surface area contributed by atoms with E-state index in [2.05, 4.69) is 22.6 Å². The molecule has 92 valence electrons. The third-order valence-corrected chi connectivity index (χ3v) is 2.65. The molecule has 1 aromatic heterocycles. The lowest BCUT2D eigenvalue weighted by atomic mass is 9.82. The summed E-state index contributed by atoms with van der Waals surface area (Å²) in [6.07, 6.45) is 8.08. The van der Waals surface area contributed by atoms with Crippen molar-refractivity contribution in [3.05, 3.63) is 23.9 Å². The van der Waals surface area contributed by atoms with Crippen LogP contribution in [0.3, 0.4) is 0 Å². The minimum Gasteiger partial charge on any atom is -0.373 e. The molecular weight excluding hydrogens is 212 g/mol. The molecule has 0 aliphatic heterocycles. The molecule has 1 heterocycles. The molecule has 1 atom stereocenters. The first-order valence-corrected chi connectivity index (χ1v) is 5.56. The fourth-order valence-electron chi connectivity index (χ4n) is 1.40. The summed E-state index contributed by atoms with van der Waals surface area (Å²) in [5, 5.41) is 3.00.